The van der Waals surface area contributed by atoms with Gasteiger partial charge in [-0.2, -0.15) is 4.98 Å². The Kier molecular flexibility index (Phi) is 8.91. The zero-order chi connectivity index (χ0) is 31.7. The lowest BCUT2D eigenvalue weighted by atomic mass is 10.0. The second-order valence-electron chi connectivity index (χ2n) is 12.3. The highest BCUT2D eigenvalue weighted by Gasteiger charge is 2.33. The van der Waals surface area contributed by atoms with Gasteiger partial charge in [0.25, 0.3) is 11.8 Å². The van der Waals surface area contributed by atoms with Crippen LogP contribution in [0.5, 0.6) is 5.75 Å². The molecule has 0 aliphatic carbocycles. The first-order valence-corrected chi connectivity index (χ1v) is 16.0. The zero-order valence-corrected chi connectivity index (χ0v) is 27.0. The number of para-hydroxylation sites is 1. The van der Waals surface area contributed by atoms with E-state index in [9.17, 15) is 9.59 Å². The van der Waals surface area contributed by atoms with Gasteiger partial charge in [-0.1, -0.05) is 19.1 Å². The predicted octanol–water partition coefficient (Wildman–Crippen LogP) is 4.61. The van der Waals surface area contributed by atoms with Crippen LogP contribution < -0.4 is 19.9 Å². The number of piperazine rings is 1. The molecule has 6 rings (SSSR count). The number of methoxy groups -OCH3 is 1. The molecule has 45 heavy (non-hydrogen) atoms. The van der Waals surface area contributed by atoms with Crippen LogP contribution in [0, 0.1) is 0 Å². The highest BCUT2D eigenvalue weighted by Crippen LogP contribution is 2.41. The van der Waals surface area contributed by atoms with Crippen molar-refractivity contribution >= 4 is 40.6 Å². The number of nitrogens with zero attached hydrogens (tertiary/aromatic N) is 7. The van der Waals surface area contributed by atoms with E-state index in [1.54, 1.807) is 31.3 Å². The average Bonchev–Trinajstić information content (AvgIpc) is 3.16. The number of fused-ring (bicyclic) bond motifs is 2. The van der Waals surface area contributed by atoms with Crippen LogP contribution in [0.4, 0.5) is 28.8 Å². The Bertz CT molecular complexity index is 1550. The maximum absolute atomic E-state index is 13.5. The summed E-state index contributed by atoms with van der Waals surface area (Å²) in [4.78, 5) is 47.1. The van der Waals surface area contributed by atoms with Gasteiger partial charge < -0.3 is 29.7 Å². The van der Waals surface area contributed by atoms with Crippen LogP contribution in [-0.4, -0.2) is 109 Å². The number of likely N-dealkylation sites (tertiary alicyclic amines) is 1. The monoisotopic (exact) mass is 612 g/mol. The predicted molar refractivity (Wildman–Crippen MR) is 177 cm³/mol. The molecule has 0 radical (unpaired) electrons. The number of likely N-dealkylation sites (N-methyl/N-ethyl adjacent to an activating group) is 1. The van der Waals surface area contributed by atoms with Gasteiger partial charge in [0.2, 0.25) is 5.95 Å². The van der Waals surface area contributed by atoms with Gasteiger partial charge >= 0.3 is 0 Å². The van der Waals surface area contributed by atoms with Crippen LogP contribution in [0.1, 0.15) is 53.8 Å². The molecule has 238 valence electrons. The number of ether oxygens (including phenoxy) is 1. The van der Waals surface area contributed by atoms with Crippen molar-refractivity contribution in [2.45, 2.75) is 45.2 Å². The maximum atomic E-state index is 13.5. The summed E-state index contributed by atoms with van der Waals surface area (Å²) in [5, 5.41) is 3.30. The molecular formula is C34H44N8O3. The number of rotatable bonds is 7. The summed E-state index contributed by atoms with van der Waals surface area (Å²) >= 11 is 0. The summed E-state index contributed by atoms with van der Waals surface area (Å²) in [6.07, 6.45) is 4.54. The molecule has 1 unspecified atom stereocenters. The number of hydrogen-bond acceptors (Lipinski definition) is 9. The molecule has 0 bridgehead atoms. The van der Waals surface area contributed by atoms with E-state index in [1.165, 1.54) is 0 Å². The molecule has 2 fully saturated rings. The molecule has 2 saturated heterocycles. The SMILES string of the molecule is CCC(C)N1c2ccccc2C(=O)N(C)c2cnc(Nc3ccc(C(=O)N4CCC(N5CCN(C)CC5)CC4)cc3OC)nc21. The lowest BCUT2D eigenvalue weighted by molar-refractivity contribution is 0.0518. The van der Waals surface area contributed by atoms with Gasteiger partial charge in [-0.05, 0) is 63.6 Å². The van der Waals surface area contributed by atoms with Gasteiger partial charge in [0.15, 0.2) is 5.82 Å². The average molecular weight is 613 g/mol. The van der Waals surface area contributed by atoms with E-state index in [4.69, 9.17) is 9.72 Å². The van der Waals surface area contributed by atoms with Crippen molar-refractivity contribution in [3.05, 3.63) is 59.8 Å². The van der Waals surface area contributed by atoms with Crippen molar-refractivity contribution in [1.82, 2.24) is 24.7 Å². The van der Waals surface area contributed by atoms with Gasteiger partial charge in [-0.25, -0.2) is 4.98 Å². The number of anilines is 5. The van der Waals surface area contributed by atoms with Crippen molar-refractivity contribution in [3.8, 4) is 5.75 Å². The number of aromatic nitrogens is 2. The summed E-state index contributed by atoms with van der Waals surface area (Å²) in [5.74, 6) is 1.46. The van der Waals surface area contributed by atoms with Gasteiger partial charge in [0, 0.05) is 64.0 Å². The fourth-order valence-electron chi connectivity index (χ4n) is 6.59. The summed E-state index contributed by atoms with van der Waals surface area (Å²) in [5.41, 5.74) is 3.32. The standard InChI is InChI=1S/C34H44N8O3/c1-6-23(2)42-28-10-8-7-9-26(28)33(44)39(4)29-22-35-34(37-31(29)42)36-27-12-11-24(21-30(27)45-5)32(43)41-15-13-25(14-16-41)40-19-17-38(3)18-20-40/h7-12,21-23,25H,6,13-20H2,1-5H3,(H,35,36,37). The molecule has 11 nitrogen and oxygen atoms in total. The van der Waals surface area contributed by atoms with E-state index in [-0.39, 0.29) is 17.9 Å². The fourth-order valence-corrected chi connectivity index (χ4v) is 6.59. The van der Waals surface area contributed by atoms with Gasteiger partial charge in [-0.15, -0.1) is 0 Å². The van der Waals surface area contributed by atoms with Crippen LogP contribution in [-0.2, 0) is 0 Å². The number of carbonyl (C=O) groups excluding carboxylic acids is 2. The van der Waals surface area contributed by atoms with Crippen LogP contribution >= 0.6 is 0 Å². The molecule has 4 heterocycles. The van der Waals surface area contributed by atoms with Crippen molar-refractivity contribution in [1.29, 1.82) is 0 Å². The molecule has 3 aliphatic heterocycles. The number of benzene rings is 2. The quantitative estimate of drug-likeness (QED) is 0.410. The maximum Gasteiger partial charge on any atom is 0.260 e. The molecule has 3 aromatic rings. The minimum atomic E-state index is -0.104. The largest absolute Gasteiger partial charge is 0.495 e. The Balaban J connectivity index is 1.21. The molecule has 1 atom stereocenters. The second-order valence-corrected chi connectivity index (χ2v) is 12.3. The van der Waals surface area contributed by atoms with Crippen LogP contribution in [0.25, 0.3) is 0 Å². The molecule has 2 amide bonds. The third kappa shape index (κ3) is 6.06. The van der Waals surface area contributed by atoms with Crippen molar-refractivity contribution in [3.63, 3.8) is 0 Å². The Morgan fingerprint density at radius 1 is 1.02 bits per heavy atom. The molecule has 0 saturated carbocycles. The first-order chi connectivity index (χ1) is 21.8. The number of hydrogen-bond donors (Lipinski definition) is 1. The van der Waals surface area contributed by atoms with Crippen molar-refractivity contribution in [2.75, 3.05) is 75.6 Å². The molecule has 3 aliphatic rings. The number of amides is 2. The summed E-state index contributed by atoms with van der Waals surface area (Å²) in [6.45, 7) is 10.2. The van der Waals surface area contributed by atoms with Crippen molar-refractivity contribution < 1.29 is 14.3 Å². The first-order valence-electron chi connectivity index (χ1n) is 16.0. The minimum absolute atomic E-state index is 0.0218. The third-order valence-electron chi connectivity index (χ3n) is 9.57. The third-order valence-corrected chi connectivity index (χ3v) is 9.57. The Morgan fingerprint density at radius 2 is 1.76 bits per heavy atom. The topological polar surface area (TPSA) is 97.4 Å². The lowest BCUT2D eigenvalue weighted by Crippen LogP contribution is -2.52. The fraction of sp³-hybridized carbons (Fsp3) is 0.471. The molecule has 1 aromatic heterocycles. The number of nitrogens with one attached hydrogen (secondary N) is 1. The first kappa shape index (κ1) is 30.8. The lowest BCUT2D eigenvalue weighted by Gasteiger charge is -2.42. The number of carbonyl (C=O) groups is 2. The van der Waals surface area contributed by atoms with E-state index in [2.05, 4.69) is 45.9 Å². The van der Waals surface area contributed by atoms with Crippen molar-refractivity contribution in [2.24, 2.45) is 0 Å². The second kappa shape index (κ2) is 13.0. The summed E-state index contributed by atoms with van der Waals surface area (Å²) < 4.78 is 5.73. The van der Waals surface area contributed by atoms with Crippen LogP contribution in [0.3, 0.4) is 0 Å². The number of piperidine rings is 1. The van der Waals surface area contributed by atoms with E-state index < -0.39 is 0 Å². The van der Waals surface area contributed by atoms with Crippen LogP contribution in [0.15, 0.2) is 48.7 Å². The van der Waals surface area contributed by atoms with E-state index in [0.717, 1.165) is 64.2 Å². The Labute approximate surface area is 265 Å². The van der Waals surface area contributed by atoms with E-state index in [1.807, 2.05) is 41.3 Å². The highest BCUT2D eigenvalue weighted by molar-refractivity contribution is 6.13. The van der Waals surface area contributed by atoms with Gasteiger partial charge in [-0.3, -0.25) is 14.5 Å². The van der Waals surface area contributed by atoms with E-state index in [0.29, 0.717) is 46.1 Å². The Hall–Kier alpha value is -4.22. The Morgan fingerprint density at radius 3 is 2.47 bits per heavy atom. The molecule has 1 N–H and O–H groups in total. The molecule has 0 spiro atoms. The normalized spacial score (nSPS) is 18.7. The molecule has 11 heteroatoms. The zero-order valence-electron chi connectivity index (χ0n) is 27.0. The van der Waals surface area contributed by atoms with Gasteiger partial charge in [0.05, 0.1) is 30.2 Å². The van der Waals surface area contributed by atoms with Gasteiger partial charge in [0.1, 0.15) is 11.4 Å². The summed E-state index contributed by atoms with van der Waals surface area (Å²) in [6, 6.07) is 13.7. The minimum Gasteiger partial charge on any atom is -0.495 e. The molecule has 2 aromatic carbocycles. The molecular weight excluding hydrogens is 568 g/mol. The van der Waals surface area contributed by atoms with E-state index >= 15 is 0 Å². The summed E-state index contributed by atoms with van der Waals surface area (Å²) in [7, 11) is 5.52. The highest BCUT2D eigenvalue weighted by atomic mass is 16.5. The smallest absolute Gasteiger partial charge is 0.260 e. The van der Waals surface area contributed by atoms with Crippen LogP contribution in [0.2, 0.25) is 0 Å².